The average Bonchev–Trinajstić information content (AvgIpc) is 3.02. The summed E-state index contributed by atoms with van der Waals surface area (Å²) < 4.78 is 9.94. The van der Waals surface area contributed by atoms with E-state index < -0.39 is 11.9 Å². The van der Waals surface area contributed by atoms with Gasteiger partial charge < -0.3 is 14.5 Å². The maximum absolute atomic E-state index is 12.0. The number of nitrogens with one attached hydrogen (secondary N) is 1. The van der Waals surface area contributed by atoms with E-state index in [0.29, 0.717) is 0 Å². The third-order valence-electron chi connectivity index (χ3n) is 2.60. The van der Waals surface area contributed by atoms with Crippen molar-refractivity contribution in [3.05, 3.63) is 65.7 Å². The molecule has 0 fully saturated rings. The Hall–Kier alpha value is -2.82. The lowest BCUT2D eigenvalue weighted by Crippen LogP contribution is -2.28. The van der Waals surface area contributed by atoms with Crippen molar-refractivity contribution in [3.63, 3.8) is 0 Å². The lowest BCUT2D eigenvalue weighted by atomic mass is 10.2. The fraction of sp³-hybridized carbons (Fsp3) is 0.125. The minimum Gasteiger partial charge on any atom is -0.461 e. The highest BCUT2D eigenvalue weighted by molar-refractivity contribution is 6.02. The molecule has 108 valence electrons. The molecule has 0 spiro atoms. The second-order valence-electron chi connectivity index (χ2n) is 4.12. The molecule has 5 nitrogen and oxygen atoms in total. The molecule has 0 saturated carbocycles. The van der Waals surface area contributed by atoms with Crippen LogP contribution >= 0.6 is 0 Å². The summed E-state index contributed by atoms with van der Waals surface area (Å²) in [6.45, 7) is 1.92. The topological polar surface area (TPSA) is 68.5 Å². The molecule has 0 aliphatic heterocycles. The van der Waals surface area contributed by atoms with Crippen molar-refractivity contribution < 1.29 is 18.7 Å². The minimum atomic E-state index is -0.596. The average molecular weight is 285 g/mol. The molecule has 1 heterocycles. The Morgan fingerprint density at radius 2 is 1.95 bits per heavy atom. The summed E-state index contributed by atoms with van der Waals surface area (Å²) in [5.74, 6) is -0.977. The summed E-state index contributed by atoms with van der Waals surface area (Å²) in [7, 11) is 0. The van der Waals surface area contributed by atoms with Crippen LogP contribution in [0.25, 0.3) is 6.08 Å². The molecular formula is C16H15NO4. The molecule has 5 heteroatoms. The third-order valence-corrected chi connectivity index (χ3v) is 2.60. The SMILES string of the molecule is CCOC(=O)/C(=C\c1ccccc1)NC(=O)c1ccco1. The maximum Gasteiger partial charge on any atom is 0.354 e. The van der Waals surface area contributed by atoms with Crippen molar-refractivity contribution in [1.29, 1.82) is 0 Å². The van der Waals surface area contributed by atoms with Gasteiger partial charge in [-0.05, 0) is 30.7 Å². The first-order valence-electron chi connectivity index (χ1n) is 6.49. The van der Waals surface area contributed by atoms with E-state index in [4.69, 9.17) is 9.15 Å². The van der Waals surface area contributed by atoms with Crippen LogP contribution in [0.4, 0.5) is 0 Å². The second-order valence-corrected chi connectivity index (χ2v) is 4.12. The van der Waals surface area contributed by atoms with E-state index in [1.54, 1.807) is 19.1 Å². The van der Waals surface area contributed by atoms with E-state index in [1.165, 1.54) is 12.3 Å². The first kappa shape index (κ1) is 14.6. The van der Waals surface area contributed by atoms with Gasteiger partial charge in [-0.15, -0.1) is 0 Å². The number of amides is 1. The molecule has 1 amide bonds. The Bertz CT molecular complexity index is 630. The van der Waals surface area contributed by atoms with Crippen LogP contribution in [-0.2, 0) is 9.53 Å². The van der Waals surface area contributed by atoms with Crippen molar-refractivity contribution in [2.45, 2.75) is 6.92 Å². The van der Waals surface area contributed by atoms with E-state index in [9.17, 15) is 9.59 Å². The van der Waals surface area contributed by atoms with E-state index in [1.807, 2.05) is 30.3 Å². The molecule has 0 saturated heterocycles. The van der Waals surface area contributed by atoms with Gasteiger partial charge in [0.25, 0.3) is 5.91 Å². The zero-order chi connectivity index (χ0) is 15.1. The maximum atomic E-state index is 12.0. The Labute approximate surface area is 122 Å². The molecule has 0 bridgehead atoms. The summed E-state index contributed by atoms with van der Waals surface area (Å²) >= 11 is 0. The quantitative estimate of drug-likeness (QED) is 0.677. The minimum absolute atomic E-state index is 0.0597. The van der Waals surface area contributed by atoms with Crippen LogP contribution in [-0.4, -0.2) is 18.5 Å². The van der Waals surface area contributed by atoms with Gasteiger partial charge >= 0.3 is 5.97 Å². The first-order valence-corrected chi connectivity index (χ1v) is 6.49. The lowest BCUT2D eigenvalue weighted by molar-refractivity contribution is -0.138. The van der Waals surface area contributed by atoms with Crippen LogP contribution < -0.4 is 5.32 Å². The van der Waals surface area contributed by atoms with Crippen molar-refractivity contribution in [3.8, 4) is 0 Å². The fourth-order valence-electron chi connectivity index (χ4n) is 1.66. The summed E-state index contributed by atoms with van der Waals surface area (Å²) in [5, 5.41) is 2.51. The monoisotopic (exact) mass is 285 g/mol. The van der Waals surface area contributed by atoms with Crippen LogP contribution in [0, 0.1) is 0 Å². The number of carbonyl (C=O) groups excluding carboxylic acids is 2. The number of esters is 1. The van der Waals surface area contributed by atoms with Gasteiger partial charge in [0.1, 0.15) is 5.70 Å². The highest BCUT2D eigenvalue weighted by Crippen LogP contribution is 2.08. The van der Waals surface area contributed by atoms with Crippen LogP contribution in [0.1, 0.15) is 23.0 Å². The molecular weight excluding hydrogens is 270 g/mol. The molecule has 1 aromatic carbocycles. The molecule has 2 rings (SSSR count). The molecule has 0 aliphatic carbocycles. The fourth-order valence-corrected chi connectivity index (χ4v) is 1.66. The van der Waals surface area contributed by atoms with Crippen molar-refractivity contribution in [1.82, 2.24) is 5.32 Å². The van der Waals surface area contributed by atoms with Crippen molar-refractivity contribution in [2.24, 2.45) is 0 Å². The largest absolute Gasteiger partial charge is 0.461 e. The third kappa shape index (κ3) is 4.07. The second kappa shape index (κ2) is 7.09. The van der Waals surface area contributed by atoms with E-state index >= 15 is 0 Å². The Balaban J connectivity index is 2.22. The van der Waals surface area contributed by atoms with Gasteiger partial charge in [0.2, 0.25) is 0 Å². The molecule has 0 aliphatic rings. The van der Waals surface area contributed by atoms with Crippen molar-refractivity contribution in [2.75, 3.05) is 6.61 Å². The van der Waals surface area contributed by atoms with Crippen LogP contribution in [0.5, 0.6) is 0 Å². The first-order chi connectivity index (χ1) is 10.2. The van der Waals surface area contributed by atoms with Crippen LogP contribution in [0.3, 0.4) is 0 Å². The molecule has 1 aromatic heterocycles. The number of benzene rings is 1. The highest BCUT2D eigenvalue weighted by Gasteiger charge is 2.16. The Morgan fingerprint density at radius 1 is 1.19 bits per heavy atom. The van der Waals surface area contributed by atoms with E-state index in [-0.39, 0.29) is 18.1 Å². The number of ether oxygens (including phenoxy) is 1. The van der Waals surface area contributed by atoms with Gasteiger partial charge in [-0.2, -0.15) is 0 Å². The molecule has 2 aromatic rings. The number of carbonyl (C=O) groups is 2. The highest BCUT2D eigenvalue weighted by atomic mass is 16.5. The van der Waals surface area contributed by atoms with E-state index in [2.05, 4.69) is 5.32 Å². The van der Waals surface area contributed by atoms with Gasteiger partial charge in [0.05, 0.1) is 12.9 Å². The van der Waals surface area contributed by atoms with Crippen LogP contribution in [0.2, 0.25) is 0 Å². The smallest absolute Gasteiger partial charge is 0.354 e. The van der Waals surface area contributed by atoms with E-state index in [0.717, 1.165) is 5.56 Å². The molecule has 0 atom stereocenters. The van der Waals surface area contributed by atoms with Gasteiger partial charge in [-0.25, -0.2) is 4.79 Å². The number of hydrogen-bond acceptors (Lipinski definition) is 4. The normalized spacial score (nSPS) is 11.0. The van der Waals surface area contributed by atoms with Crippen LogP contribution in [0.15, 0.2) is 58.8 Å². The lowest BCUT2D eigenvalue weighted by Gasteiger charge is -2.08. The Kier molecular flexibility index (Phi) is 4.93. The van der Waals surface area contributed by atoms with Gasteiger partial charge in [-0.1, -0.05) is 30.3 Å². The van der Waals surface area contributed by atoms with Gasteiger partial charge in [0.15, 0.2) is 5.76 Å². The predicted octanol–water partition coefficient (Wildman–Crippen LogP) is 2.61. The summed E-state index contributed by atoms with van der Waals surface area (Å²) in [6.07, 6.45) is 2.94. The molecule has 0 radical (unpaired) electrons. The molecule has 0 unspecified atom stereocenters. The zero-order valence-corrected chi connectivity index (χ0v) is 11.5. The summed E-state index contributed by atoms with van der Waals surface area (Å²) in [4.78, 5) is 23.9. The molecule has 21 heavy (non-hydrogen) atoms. The van der Waals surface area contributed by atoms with Gasteiger partial charge in [-0.3, -0.25) is 4.79 Å². The van der Waals surface area contributed by atoms with Gasteiger partial charge in [0, 0.05) is 0 Å². The molecule has 1 N–H and O–H groups in total. The summed E-state index contributed by atoms with van der Waals surface area (Å²) in [6, 6.07) is 12.3. The standard InChI is InChI=1S/C16H15NO4/c1-2-20-16(19)13(11-12-7-4-3-5-8-12)17-15(18)14-9-6-10-21-14/h3-11H,2H2,1H3,(H,17,18)/b13-11+. The van der Waals surface area contributed by atoms with Crippen molar-refractivity contribution >= 4 is 18.0 Å². The predicted molar refractivity (Wildman–Crippen MR) is 77.2 cm³/mol. The number of hydrogen-bond donors (Lipinski definition) is 1. The zero-order valence-electron chi connectivity index (χ0n) is 11.5. The summed E-state index contributed by atoms with van der Waals surface area (Å²) in [5.41, 5.74) is 0.838. The Morgan fingerprint density at radius 3 is 2.57 bits per heavy atom. The number of rotatable bonds is 5. The number of furan rings is 1.